The number of benzene rings is 11. The Bertz CT molecular complexity index is 3800. The third kappa shape index (κ3) is 5.08. The molecule has 0 aliphatic rings. The molecule has 0 aliphatic heterocycles. The first-order chi connectivity index (χ1) is 31.2. The number of rotatable bonds is 4. The molecule has 13 aromatic rings. The summed E-state index contributed by atoms with van der Waals surface area (Å²) in [6.07, 6.45) is 0. The topological polar surface area (TPSA) is 9.86 Å². The summed E-state index contributed by atoms with van der Waals surface area (Å²) in [5, 5.41) is 15.5. The van der Waals surface area contributed by atoms with Crippen molar-refractivity contribution in [2.24, 2.45) is 0 Å². The van der Waals surface area contributed by atoms with Gasteiger partial charge in [0.15, 0.2) is 0 Å². The van der Waals surface area contributed by atoms with Crippen molar-refractivity contribution >= 4 is 86.7 Å². The minimum Gasteiger partial charge on any atom is -0.309 e. The zero-order chi connectivity index (χ0) is 43.1. The average Bonchev–Trinajstić information content (AvgIpc) is 3.79. The Kier molecular flexibility index (Phi) is 7.74. The molecule has 0 unspecified atom stereocenters. The van der Waals surface area contributed by atoms with Gasteiger partial charge in [0.05, 0.1) is 33.4 Å². The van der Waals surface area contributed by atoms with Crippen molar-refractivity contribution in [3.63, 3.8) is 0 Å². The number of fused-ring (bicyclic) bond motifs is 8. The summed E-state index contributed by atoms with van der Waals surface area (Å²) in [5.74, 6) is 0. The van der Waals surface area contributed by atoms with E-state index in [4.69, 9.17) is 0 Å². The SMILES string of the molecule is Cc1cc(C)c(-n2c3ccccc3c3cc(-c4ccc5c6ccc(-c7ccc8c(c7)c7ccccc7n8-c7c(C)cc(C)cc7C)c7cccc(c8cccc4c85)c76)ccc32)c(C)c1. The van der Waals surface area contributed by atoms with E-state index >= 15 is 0 Å². The molecule has 0 atom stereocenters. The highest BCUT2D eigenvalue weighted by atomic mass is 15.0. The Morgan fingerprint density at radius 1 is 0.266 bits per heavy atom. The Labute approximate surface area is 372 Å². The smallest absolute Gasteiger partial charge is 0.0541 e. The first-order valence-electron chi connectivity index (χ1n) is 22.6. The van der Waals surface area contributed by atoms with Crippen LogP contribution in [0.2, 0.25) is 0 Å². The maximum Gasteiger partial charge on any atom is 0.0541 e. The largest absolute Gasteiger partial charge is 0.309 e. The lowest BCUT2D eigenvalue weighted by molar-refractivity contribution is 1.11. The van der Waals surface area contributed by atoms with Gasteiger partial charge in [-0.05, 0) is 166 Å². The van der Waals surface area contributed by atoms with E-state index in [9.17, 15) is 0 Å². The van der Waals surface area contributed by atoms with Gasteiger partial charge in [-0.3, -0.25) is 0 Å². The Hall–Kier alpha value is -7.68. The van der Waals surface area contributed by atoms with E-state index in [0.29, 0.717) is 0 Å². The second-order valence-corrected chi connectivity index (χ2v) is 18.4. The molecule has 0 radical (unpaired) electrons. The van der Waals surface area contributed by atoms with Crippen molar-refractivity contribution in [1.29, 1.82) is 0 Å². The highest BCUT2D eigenvalue weighted by molar-refractivity contribution is 6.35. The third-order valence-electron chi connectivity index (χ3n) is 14.3. The van der Waals surface area contributed by atoms with Gasteiger partial charge in [0, 0.05) is 21.5 Å². The minimum atomic E-state index is 1.24. The summed E-state index contributed by atoms with van der Waals surface area (Å²) >= 11 is 0. The van der Waals surface area contributed by atoms with E-state index in [1.165, 1.54) is 154 Å². The molecule has 13 rings (SSSR count). The number of hydrogen-bond acceptors (Lipinski definition) is 0. The number of nitrogens with zero attached hydrogens (tertiary/aromatic N) is 2. The summed E-state index contributed by atoms with van der Waals surface area (Å²) in [4.78, 5) is 0. The van der Waals surface area contributed by atoms with Gasteiger partial charge in [-0.25, -0.2) is 0 Å². The van der Waals surface area contributed by atoms with Gasteiger partial charge in [0.25, 0.3) is 0 Å². The molecule has 2 heteroatoms. The molecule has 0 N–H and O–H groups in total. The summed E-state index contributed by atoms with van der Waals surface area (Å²) in [5.41, 5.74) is 20.3. The van der Waals surface area contributed by atoms with Crippen molar-refractivity contribution in [1.82, 2.24) is 9.13 Å². The Morgan fingerprint density at radius 3 is 1.03 bits per heavy atom. The van der Waals surface area contributed by atoms with Crippen molar-refractivity contribution in [3.05, 3.63) is 203 Å². The first kappa shape index (κ1) is 36.9. The van der Waals surface area contributed by atoms with E-state index in [-0.39, 0.29) is 0 Å². The summed E-state index contributed by atoms with van der Waals surface area (Å²) in [7, 11) is 0. The summed E-state index contributed by atoms with van der Waals surface area (Å²) in [6, 6.07) is 64.5. The van der Waals surface area contributed by atoms with Crippen molar-refractivity contribution in [2.75, 3.05) is 0 Å². The lowest BCUT2D eigenvalue weighted by Gasteiger charge is -2.18. The van der Waals surface area contributed by atoms with Crippen molar-refractivity contribution in [3.8, 4) is 33.6 Å². The molecule has 11 aromatic carbocycles. The number of aromatic nitrogens is 2. The fraction of sp³-hybridized carbons (Fsp3) is 0.0968. The molecule has 64 heavy (non-hydrogen) atoms. The van der Waals surface area contributed by atoms with Crippen LogP contribution in [0.25, 0.3) is 120 Å². The molecule has 0 saturated heterocycles. The summed E-state index contributed by atoms with van der Waals surface area (Å²) < 4.78 is 4.96. The van der Waals surface area contributed by atoms with Gasteiger partial charge >= 0.3 is 0 Å². The predicted octanol–water partition coefficient (Wildman–Crippen LogP) is 17.1. The van der Waals surface area contributed by atoms with Crippen LogP contribution >= 0.6 is 0 Å². The fourth-order valence-corrected chi connectivity index (χ4v) is 12.0. The first-order valence-corrected chi connectivity index (χ1v) is 22.6. The van der Waals surface area contributed by atoms with Crippen molar-refractivity contribution < 1.29 is 0 Å². The van der Waals surface area contributed by atoms with Crippen LogP contribution in [0, 0.1) is 41.5 Å². The minimum absolute atomic E-state index is 1.24. The van der Waals surface area contributed by atoms with Crippen LogP contribution < -0.4 is 0 Å². The number of para-hydroxylation sites is 2. The van der Waals surface area contributed by atoms with Crippen LogP contribution in [-0.2, 0) is 0 Å². The van der Waals surface area contributed by atoms with Gasteiger partial charge in [-0.15, -0.1) is 0 Å². The molecular formula is C62H46N2. The average molecular weight is 819 g/mol. The van der Waals surface area contributed by atoms with Crippen LogP contribution in [0.4, 0.5) is 0 Å². The highest BCUT2D eigenvalue weighted by Gasteiger charge is 2.21. The van der Waals surface area contributed by atoms with Gasteiger partial charge in [0.2, 0.25) is 0 Å². The van der Waals surface area contributed by atoms with Gasteiger partial charge in [-0.2, -0.15) is 0 Å². The normalized spacial score (nSPS) is 12.2. The molecule has 304 valence electrons. The molecule has 0 aliphatic carbocycles. The molecule has 0 spiro atoms. The lowest BCUT2D eigenvalue weighted by atomic mass is 9.85. The van der Waals surface area contributed by atoms with Gasteiger partial charge < -0.3 is 9.13 Å². The van der Waals surface area contributed by atoms with Gasteiger partial charge in [-0.1, -0.05) is 145 Å². The number of hydrogen-bond donors (Lipinski definition) is 0. The predicted molar refractivity (Wildman–Crippen MR) is 276 cm³/mol. The molecule has 2 heterocycles. The zero-order valence-electron chi connectivity index (χ0n) is 37.1. The fourth-order valence-electron chi connectivity index (χ4n) is 12.0. The van der Waals surface area contributed by atoms with Gasteiger partial charge in [0.1, 0.15) is 0 Å². The number of aryl methyl sites for hydroxylation is 6. The second-order valence-electron chi connectivity index (χ2n) is 18.4. The van der Waals surface area contributed by atoms with Crippen LogP contribution in [0.5, 0.6) is 0 Å². The quantitative estimate of drug-likeness (QED) is 0.124. The lowest BCUT2D eigenvalue weighted by Crippen LogP contribution is -2.00. The van der Waals surface area contributed by atoms with E-state index in [1.807, 2.05) is 0 Å². The molecule has 0 saturated carbocycles. The van der Waals surface area contributed by atoms with Crippen LogP contribution in [0.3, 0.4) is 0 Å². The van der Waals surface area contributed by atoms with E-state index < -0.39 is 0 Å². The molecule has 0 bridgehead atoms. The molecule has 0 amide bonds. The summed E-state index contributed by atoms with van der Waals surface area (Å²) in [6.45, 7) is 13.3. The van der Waals surface area contributed by atoms with Crippen molar-refractivity contribution in [2.45, 2.75) is 41.5 Å². The molecule has 2 aromatic heterocycles. The third-order valence-corrected chi connectivity index (χ3v) is 14.3. The van der Waals surface area contributed by atoms with Crippen LogP contribution in [-0.4, -0.2) is 9.13 Å². The standard InChI is InChI=1S/C62H46N2/c1-35-29-37(3)61(38(4)30-35)63-55-19-9-7-13-45(55)53-33-41(21-27-57(53)63)43-23-25-51-52-26-24-44(48-16-12-18-50(60(48)52)49-17-11-15-47(43)59(49)51)42-22-28-58-54(34-42)46-14-8-10-20-56(46)64(58)62-39(5)31-36(2)32-40(62)6/h7-34H,1-6H3. The molecular weight excluding hydrogens is 773 g/mol. The van der Waals surface area contributed by atoms with Crippen LogP contribution in [0.15, 0.2) is 170 Å². The maximum absolute atomic E-state index is 2.48. The molecule has 2 nitrogen and oxygen atoms in total. The Morgan fingerprint density at radius 2 is 0.609 bits per heavy atom. The highest BCUT2D eigenvalue weighted by Crippen LogP contribution is 2.47. The monoisotopic (exact) mass is 818 g/mol. The molecule has 0 fully saturated rings. The second kappa shape index (κ2) is 13.4. The zero-order valence-corrected chi connectivity index (χ0v) is 37.1. The van der Waals surface area contributed by atoms with E-state index in [2.05, 4.69) is 221 Å². The van der Waals surface area contributed by atoms with Crippen LogP contribution in [0.1, 0.15) is 33.4 Å². The maximum atomic E-state index is 2.48. The van der Waals surface area contributed by atoms with E-state index in [1.54, 1.807) is 0 Å². The Balaban J connectivity index is 0.996. The van der Waals surface area contributed by atoms with E-state index in [0.717, 1.165) is 0 Å².